The Kier molecular flexibility index (Phi) is 2.48. The summed E-state index contributed by atoms with van der Waals surface area (Å²) in [6, 6.07) is 12.2. The van der Waals surface area contributed by atoms with Crippen molar-refractivity contribution in [3.63, 3.8) is 0 Å². The van der Waals surface area contributed by atoms with Gasteiger partial charge in [0.15, 0.2) is 5.65 Å². The van der Waals surface area contributed by atoms with Crippen LogP contribution in [0.1, 0.15) is 11.1 Å². The van der Waals surface area contributed by atoms with Crippen LogP contribution in [0.4, 0.5) is 0 Å². The Hall–Kier alpha value is -2.36. The Morgan fingerprint density at radius 1 is 1.22 bits per heavy atom. The molecule has 0 bridgehead atoms. The maximum Gasteiger partial charge on any atom is 0.201 e. The number of aryl methyl sites for hydroxylation is 1. The van der Waals surface area contributed by atoms with Crippen LogP contribution in [-0.4, -0.2) is 14.5 Å². The number of hydrogen-bond donors (Lipinski definition) is 2. The van der Waals surface area contributed by atoms with E-state index in [1.165, 1.54) is 11.1 Å². The van der Waals surface area contributed by atoms with Gasteiger partial charge in [-0.25, -0.2) is 4.98 Å². The lowest BCUT2D eigenvalue weighted by Crippen LogP contribution is -2.17. The molecule has 0 saturated carbocycles. The number of fused-ring (bicyclic) bond motifs is 1. The summed E-state index contributed by atoms with van der Waals surface area (Å²) in [6.07, 6.45) is 1.73. The number of aromatic amines is 1. The Bertz CT molecular complexity index is 734. The van der Waals surface area contributed by atoms with E-state index in [1.54, 1.807) is 6.20 Å². The van der Waals surface area contributed by atoms with E-state index < -0.39 is 0 Å². The molecule has 2 N–H and O–H groups in total. The van der Waals surface area contributed by atoms with Crippen molar-refractivity contribution in [2.24, 2.45) is 0 Å². The van der Waals surface area contributed by atoms with E-state index in [4.69, 9.17) is 5.41 Å². The van der Waals surface area contributed by atoms with Crippen LogP contribution in [0.2, 0.25) is 0 Å². The van der Waals surface area contributed by atoms with Gasteiger partial charge in [-0.2, -0.15) is 0 Å². The fraction of sp³-hybridized carbons (Fsp3) is 0.143. The lowest BCUT2D eigenvalue weighted by molar-refractivity contribution is 0.751. The number of pyridine rings is 1. The summed E-state index contributed by atoms with van der Waals surface area (Å²) < 4.78 is 1.92. The quantitative estimate of drug-likeness (QED) is 0.706. The van der Waals surface area contributed by atoms with Crippen molar-refractivity contribution >= 4 is 11.2 Å². The maximum absolute atomic E-state index is 7.96. The fourth-order valence-corrected chi connectivity index (χ4v) is 2.05. The second-order valence-corrected chi connectivity index (χ2v) is 4.42. The van der Waals surface area contributed by atoms with Gasteiger partial charge in [0.25, 0.3) is 0 Å². The molecule has 3 rings (SSSR count). The standard InChI is InChI=1S/C14H14N4/c1-10-4-6-11(7-5-10)9-18-12-3-2-8-16-13(12)17-14(18)15/h2-8H,9H2,1H3,(H2,15,16,17). The van der Waals surface area contributed by atoms with Gasteiger partial charge in [-0.05, 0) is 24.6 Å². The lowest BCUT2D eigenvalue weighted by atomic mass is 10.1. The Balaban J connectivity index is 2.07. The predicted molar refractivity (Wildman–Crippen MR) is 70.2 cm³/mol. The minimum atomic E-state index is 0.379. The number of rotatable bonds is 2. The van der Waals surface area contributed by atoms with E-state index in [-0.39, 0.29) is 0 Å². The van der Waals surface area contributed by atoms with E-state index in [0.29, 0.717) is 12.2 Å². The van der Waals surface area contributed by atoms with Gasteiger partial charge in [0.05, 0.1) is 12.1 Å². The zero-order valence-electron chi connectivity index (χ0n) is 10.1. The average molecular weight is 238 g/mol. The molecular weight excluding hydrogens is 224 g/mol. The molecule has 0 atom stereocenters. The number of benzene rings is 1. The van der Waals surface area contributed by atoms with Crippen LogP contribution in [0, 0.1) is 12.3 Å². The predicted octanol–water partition coefficient (Wildman–Crippen LogP) is 2.20. The number of nitrogens with one attached hydrogen (secondary N) is 2. The van der Waals surface area contributed by atoms with Crippen LogP contribution in [0.25, 0.3) is 11.2 Å². The van der Waals surface area contributed by atoms with Gasteiger partial charge >= 0.3 is 0 Å². The van der Waals surface area contributed by atoms with Gasteiger partial charge in [0.1, 0.15) is 0 Å². The summed E-state index contributed by atoms with van der Waals surface area (Å²) in [4.78, 5) is 7.20. The zero-order chi connectivity index (χ0) is 12.5. The van der Waals surface area contributed by atoms with E-state index in [1.807, 2.05) is 16.7 Å². The molecule has 18 heavy (non-hydrogen) atoms. The number of aromatic nitrogens is 3. The van der Waals surface area contributed by atoms with E-state index in [0.717, 1.165) is 11.2 Å². The summed E-state index contributed by atoms with van der Waals surface area (Å²) in [5.41, 5.74) is 4.53. The van der Waals surface area contributed by atoms with Crippen molar-refractivity contribution in [2.45, 2.75) is 13.5 Å². The third kappa shape index (κ3) is 1.82. The molecule has 3 aromatic rings. The SMILES string of the molecule is Cc1ccc(Cn2c(=N)[nH]c3ncccc32)cc1. The molecular formula is C14H14N4. The van der Waals surface area contributed by atoms with Gasteiger partial charge in [-0.3, -0.25) is 5.41 Å². The maximum atomic E-state index is 7.96. The molecule has 0 unspecified atom stereocenters. The normalized spacial score (nSPS) is 10.9. The van der Waals surface area contributed by atoms with Gasteiger partial charge < -0.3 is 9.55 Å². The van der Waals surface area contributed by atoms with Crippen LogP contribution < -0.4 is 5.62 Å². The summed E-state index contributed by atoms with van der Waals surface area (Å²) in [6.45, 7) is 2.76. The minimum absolute atomic E-state index is 0.379. The first kappa shape index (κ1) is 10.8. The Morgan fingerprint density at radius 3 is 2.78 bits per heavy atom. The van der Waals surface area contributed by atoms with Crippen molar-refractivity contribution < 1.29 is 0 Å². The van der Waals surface area contributed by atoms with E-state index in [9.17, 15) is 0 Å². The summed E-state index contributed by atoms with van der Waals surface area (Å²) in [7, 11) is 0. The van der Waals surface area contributed by atoms with Crippen molar-refractivity contribution in [1.29, 1.82) is 5.41 Å². The molecule has 0 radical (unpaired) electrons. The highest BCUT2D eigenvalue weighted by Crippen LogP contribution is 2.10. The topological polar surface area (TPSA) is 57.5 Å². The second-order valence-electron chi connectivity index (χ2n) is 4.42. The first-order chi connectivity index (χ1) is 8.74. The Labute approximate surface area is 104 Å². The molecule has 4 nitrogen and oxygen atoms in total. The molecule has 0 spiro atoms. The van der Waals surface area contributed by atoms with Gasteiger partial charge in [-0.1, -0.05) is 29.8 Å². The molecule has 90 valence electrons. The van der Waals surface area contributed by atoms with Crippen LogP contribution in [0.15, 0.2) is 42.6 Å². The summed E-state index contributed by atoms with van der Waals surface area (Å²) >= 11 is 0. The van der Waals surface area contributed by atoms with Crippen LogP contribution >= 0.6 is 0 Å². The van der Waals surface area contributed by atoms with Crippen molar-refractivity contribution in [1.82, 2.24) is 14.5 Å². The minimum Gasteiger partial charge on any atom is -0.309 e. The zero-order valence-corrected chi connectivity index (χ0v) is 10.1. The number of nitrogens with zero attached hydrogens (tertiary/aromatic N) is 2. The summed E-state index contributed by atoms with van der Waals surface area (Å²) in [5, 5.41) is 7.96. The lowest BCUT2D eigenvalue weighted by Gasteiger charge is -2.04. The third-order valence-electron chi connectivity index (χ3n) is 3.05. The first-order valence-corrected chi connectivity index (χ1v) is 5.88. The molecule has 0 fully saturated rings. The highest BCUT2D eigenvalue weighted by atomic mass is 15.1. The van der Waals surface area contributed by atoms with Crippen LogP contribution in [0.3, 0.4) is 0 Å². The smallest absolute Gasteiger partial charge is 0.201 e. The molecule has 0 aliphatic carbocycles. The molecule has 0 aliphatic rings. The molecule has 0 aliphatic heterocycles. The van der Waals surface area contributed by atoms with Crippen molar-refractivity contribution in [3.05, 3.63) is 59.3 Å². The van der Waals surface area contributed by atoms with Crippen LogP contribution in [0.5, 0.6) is 0 Å². The van der Waals surface area contributed by atoms with Gasteiger partial charge in [0.2, 0.25) is 5.62 Å². The van der Waals surface area contributed by atoms with Gasteiger partial charge in [-0.15, -0.1) is 0 Å². The number of imidazole rings is 1. The van der Waals surface area contributed by atoms with Crippen molar-refractivity contribution in [3.8, 4) is 0 Å². The monoisotopic (exact) mass is 238 g/mol. The van der Waals surface area contributed by atoms with E-state index >= 15 is 0 Å². The second kappa shape index (κ2) is 4.14. The fourth-order valence-electron chi connectivity index (χ4n) is 2.05. The molecule has 2 aromatic heterocycles. The molecule has 0 amide bonds. The Morgan fingerprint density at radius 2 is 2.00 bits per heavy atom. The molecule has 1 aromatic carbocycles. The molecule has 2 heterocycles. The molecule has 4 heteroatoms. The largest absolute Gasteiger partial charge is 0.309 e. The van der Waals surface area contributed by atoms with Crippen molar-refractivity contribution in [2.75, 3.05) is 0 Å². The first-order valence-electron chi connectivity index (χ1n) is 5.88. The van der Waals surface area contributed by atoms with Gasteiger partial charge in [0, 0.05) is 6.20 Å². The molecule has 0 saturated heterocycles. The van der Waals surface area contributed by atoms with E-state index in [2.05, 4.69) is 41.2 Å². The summed E-state index contributed by atoms with van der Waals surface area (Å²) in [5.74, 6) is 0. The number of H-pyrrole nitrogens is 1. The third-order valence-corrected chi connectivity index (χ3v) is 3.05. The highest BCUT2D eigenvalue weighted by Gasteiger charge is 2.05. The highest BCUT2D eigenvalue weighted by molar-refractivity contribution is 5.70. The average Bonchev–Trinajstić information content (AvgIpc) is 2.69. The van der Waals surface area contributed by atoms with Crippen LogP contribution in [-0.2, 0) is 6.54 Å². The number of hydrogen-bond acceptors (Lipinski definition) is 2.